The van der Waals surface area contributed by atoms with Gasteiger partial charge in [-0.1, -0.05) is 24.3 Å². The third-order valence-corrected chi connectivity index (χ3v) is 9.05. The van der Waals surface area contributed by atoms with E-state index in [0.717, 1.165) is 6.42 Å². The van der Waals surface area contributed by atoms with E-state index in [1.807, 2.05) is 12.5 Å². The molecule has 2 fully saturated rings. The minimum Gasteiger partial charge on any atom is -0.392 e. The maximum absolute atomic E-state index is 12.1. The zero-order chi connectivity index (χ0) is 19.5. The molecule has 1 N–H and O–H groups in total. The molecular formula is C20H24N4O3S. The van der Waals surface area contributed by atoms with E-state index < -0.39 is 21.9 Å². The first-order valence-electron chi connectivity index (χ1n) is 9.86. The fourth-order valence-electron chi connectivity index (χ4n) is 5.93. The van der Waals surface area contributed by atoms with Crippen LogP contribution in [0.5, 0.6) is 0 Å². The van der Waals surface area contributed by atoms with Gasteiger partial charge in [0.1, 0.15) is 0 Å². The highest BCUT2D eigenvalue weighted by molar-refractivity contribution is 7.89. The maximum Gasteiger partial charge on any atom is 0.227 e. The number of hydrogen-bond donors (Lipinski definition) is 1. The van der Waals surface area contributed by atoms with E-state index >= 15 is 0 Å². The molecule has 1 aromatic heterocycles. The number of rotatable bonds is 3. The number of allylic oxidation sites excluding steroid dienone is 4. The number of nitriles is 1. The topological polar surface area (TPSA) is 99.2 Å². The van der Waals surface area contributed by atoms with Crippen LogP contribution in [-0.2, 0) is 10.0 Å². The lowest BCUT2D eigenvalue weighted by molar-refractivity contribution is -0.160. The molecule has 0 bridgehead atoms. The molecule has 0 amide bonds. The van der Waals surface area contributed by atoms with Crippen LogP contribution in [0.2, 0.25) is 0 Å². The Bertz CT molecular complexity index is 981. The molecule has 4 aliphatic rings. The average molecular weight is 401 g/mol. The Morgan fingerprint density at radius 3 is 2.75 bits per heavy atom. The van der Waals surface area contributed by atoms with Crippen molar-refractivity contribution in [2.24, 2.45) is 17.3 Å². The Balaban J connectivity index is 1.32. The molecule has 28 heavy (non-hydrogen) atoms. The zero-order valence-electron chi connectivity index (χ0n) is 15.6. The number of fused-ring (bicyclic) bond motifs is 3. The molecule has 1 saturated carbocycles. The fraction of sp³-hybridized carbons (Fsp3) is 0.600. The van der Waals surface area contributed by atoms with Crippen LogP contribution in [0, 0.1) is 28.6 Å². The number of aliphatic hydroxyl groups excluding tert-OH is 1. The largest absolute Gasteiger partial charge is 0.392 e. The molecule has 0 radical (unpaired) electrons. The van der Waals surface area contributed by atoms with Crippen molar-refractivity contribution in [2.75, 3.05) is 18.8 Å². The van der Waals surface area contributed by atoms with E-state index in [1.54, 1.807) is 6.07 Å². The number of aromatic nitrogens is 2. The van der Waals surface area contributed by atoms with Crippen molar-refractivity contribution >= 4 is 10.0 Å². The van der Waals surface area contributed by atoms with Gasteiger partial charge in [0.25, 0.3) is 0 Å². The maximum atomic E-state index is 12.1. The van der Waals surface area contributed by atoms with Crippen LogP contribution in [-0.4, -0.2) is 52.3 Å². The van der Waals surface area contributed by atoms with Crippen molar-refractivity contribution < 1.29 is 13.5 Å². The summed E-state index contributed by atoms with van der Waals surface area (Å²) in [4.78, 5) is 4.33. The van der Waals surface area contributed by atoms with Gasteiger partial charge >= 0.3 is 0 Å². The van der Waals surface area contributed by atoms with E-state index in [0.29, 0.717) is 37.8 Å². The molecule has 8 heteroatoms. The lowest BCUT2D eigenvalue weighted by Crippen LogP contribution is -2.60. The average Bonchev–Trinajstić information content (AvgIpc) is 3.27. The standard InChI is InChI=1S/C20H24N4O3S/c21-7-10-28(26,27)23-8-5-20(6-9-23)11-16(19(20)25)18-15-4-2-1-3-14(15)17-12-22-13-24(17)18/h1-4,12-16,18-19,25H,5-6,8-11H2/t14?,15?,16-,18+,19+/m0/s1. The highest BCUT2D eigenvalue weighted by Gasteiger charge is 2.59. The van der Waals surface area contributed by atoms with Gasteiger partial charge in [-0.2, -0.15) is 5.26 Å². The SMILES string of the molecule is N#CCS(=O)(=O)N1CCC2(CC1)C[C@@H]([C@H]1C3C=CC=CC3c3cncn31)[C@H]2O. The van der Waals surface area contributed by atoms with Gasteiger partial charge in [0.05, 0.1) is 18.5 Å². The van der Waals surface area contributed by atoms with Crippen molar-refractivity contribution in [3.05, 3.63) is 42.5 Å². The molecule has 148 valence electrons. The van der Waals surface area contributed by atoms with Gasteiger partial charge in [-0.3, -0.25) is 0 Å². The van der Waals surface area contributed by atoms with E-state index in [-0.39, 0.29) is 17.4 Å². The van der Waals surface area contributed by atoms with Gasteiger partial charge in [0.2, 0.25) is 10.0 Å². The summed E-state index contributed by atoms with van der Waals surface area (Å²) in [5.41, 5.74) is 1.01. The highest BCUT2D eigenvalue weighted by atomic mass is 32.2. The number of nitrogens with zero attached hydrogens (tertiary/aromatic N) is 4. The zero-order valence-corrected chi connectivity index (χ0v) is 16.4. The van der Waals surface area contributed by atoms with E-state index in [4.69, 9.17) is 5.26 Å². The van der Waals surface area contributed by atoms with Gasteiger partial charge in [-0.05, 0) is 24.7 Å². The lowest BCUT2D eigenvalue weighted by Gasteiger charge is -2.58. The summed E-state index contributed by atoms with van der Waals surface area (Å²) in [5.74, 6) is 0.344. The second-order valence-electron chi connectivity index (χ2n) is 8.58. The summed E-state index contributed by atoms with van der Waals surface area (Å²) in [5, 5.41) is 19.9. The summed E-state index contributed by atoms with van der Waals surface area (Å²) in [6.07, 6.45) is 14.2. The molecule has 1 spiro atoms. The van der Waals surface area contributed by atoms with Crippen molar-refractivity contribution in [2.45, 2.75) is 37.3 Å². The Morgan fingerprint density at radius 2 is 2.04 bits per heavy atom. The van der Waals surface area contributed by atoms with Gasteiger partial charge in [-0.15, -0.1) is 0 Å². The van der Waals surface area contributed by atoms with Crippen LogP contribution in [0.1, 0.15) is 36.9 Å². The minimum absolute atomic E-state index is 0.154. The highest BCUT2D eigenvalue weighted by Crippen LogP contribution is 2.61. The first kappa shape index (κ1) is 18.1. The second-order valence-corrected chi connectivity index (χ2v) is 10.5. The third kappa shape index (κ3) is 2.46. The van der Waals surface area contributed by atoms with Crippen LogP contribution in [0.15, 0.2) is 36.8 Å². The van der Waals surface area contributed by atoms with Gasteiger partial charge in [0, 0.05) is 48.8 Å². The van der Waals surface area contributed by atoms with Crippen LogP contribution in [0.3, 0.4) is 0 Å². The molecule has 0 aromatic carbocycles. The second kappa shape index (κ2) is 6.28. The van der Waals surface area contributed by atoms with Gasteiger partial charge < -0.3 is 9.67 Å². The van der Waals surface area contributed by atoms with Crippen LogP contribution in [0.4, 0.5) is 0 Å². The van der Waals surface area contributed by atoms with Crippen molar-refractivity contribution in [1.29, 1.82) is 5.26 Å². The third-order valence-electron chi connectivity index (χ3n) is 7.40. The van der Waals surface area contributed by atoms with Gasteiger partial charge in [0.15, 0.2) is 5.75 Å². The number of aliphatic hydroxyl groups is 1. The molecule has 1 saturated heterocycles. The monoisotopic (exact) mass is 400 g/mol. The smallest absolute Gasteiger partial charge is 0.227 e. The van der Waals surface area contributed by atoms with Crippen LogP contribution in [0.25, 0.3) is 0 Å². The molecular weight excluding hydrogens is 376 g/mol. The molecule has 2 aliphatic carbocycles. The predicted molar refractivity (Wildman–Crippen MR) is 103 cm³/mol. The van der Waals surface area contributed by atoms with Crippen molar-refractivity contribution in [1.82, 2.24) is 13.9 Å². The molecule has 2 aliphatic heterocycles. The van der Waals surface area contributed by atoms with Crippen molar-refractivity contribution in [3.8, 4) is 6.07 Å². The number of imidazole rings is 1. The van der Waals surface area contributed by atoms with Crippen LogP contribution < -0.4 is 0 Å². The summed E-state index contributed by atoms with van der Waals surface area (Å²) in [6, 6.07) is 1.94. The Kier molecular flexibility index (Phi) is 4.06. The van der Waals surface area contributed by atoms with E-state index in [1.165, 1.54) is 10.00 Å². The first-order valence-corrected chi connectivity index (χ1v) is 11.5. The molecule has 5 rings (SSSR count). The lowest BCUT2D eigenvalue weighted by atomic mass is 9.52. The summed E-state index contributed by atoms with van der Waals surface area (Å²) >= 11 is 0. The van der Waals surface area contributed by atoms with Crippen LogP contribution >= 0.6 is 0 Å². The summed E-state index contributed by atoms with van der Waals surface area (Å²) in [6.45, 7) is 0.785. The number of piperidine rings is 1. The minimum atomic E-state index is -3.50. The normalized spacial score (nSPS) is 35.9. The van der Waals surface area contributed by atoms with Crippen molar-refractivity contribution in [3.63, 3.8) is 0 Å². The number of sulfonamides is 1. The molecule has 5 atom stereocenters. The summed E-state index contributed by atoms with van der Waals surface area (Å²) in [7, 11) is -3.50. The summed E-state index contributed by atoms with van der Waals surface area (Å²) < 4.78 is 27.9. The molecule has 2 unspecified atom stereocenters. The quantitative estimate of drug-likeness (QED) is 0.830. The molecule has 3 heterocycles. The van der Waals surface area contributed by atoms with E-state index in [2.05, 4.69) is 33.9 Å². The molecule has 7 nitrogen and oxygen atoms in total. The van der Waals surface area contributed by atoms with E-state index in [9.17, 15) is 13.5 Å². The first-order chi connectivity index (χ1) is 13.5. The predicted octanol–water partition coefficient (Wildman–Crippen LogP) is 1.58. The number of hydrogen-bond acceptors (Lipinski definition) is 5. The Hall–Kier alpha value is -1.95. The van der Waals surface area contributed by atoms with Gasteiger partial charge in [-0.25, -0.2) is 17.7 Å². The fourth-order valence-corrected chi connectivity index (χ4v) is 7.02. The Labute approximate surface area is 165 Å². The molecule has 1 aromatic rings. The Morgan fingerprint density at radius 1 is 1.29 bits per heavy atom.